The third-order valence-corrected chi connectivity index (χ3v) is 7.47. The van der Waals surface area contributed by atoms with Crippen LogP contribution in [0.25, 0.3) is 0 Å². The summed E-state index contributed by atoms with van der Waals surface area (Å²) in [5, 5.41) is 9.41. The number of thiophene rings is 1. The van der Waals surface area contributed by atoms with Crippen molar-refractivity contribution in [2.24, 2.45) is 10.9 Å². The molecule has 1 atom stereocenters. The van der Waals surface area contributed by atoms with E-state index in [4.69, 9.17) is 4.99 Å². The topological polar surface area (TPSA) is 42.9 Å². The second kappa shape index (κ2) is 11.3. The zero-order valence-corrected chi connectivity index (χ0v) is 19.7. The normalized spacial score (nSPS) is 22.2. The number of hydrogen-bond acceptors (Lipinski definition) is 4. The van der Waals surface area contributed by atoms with Gasteiger partial charge in [-0.2, -0.15) is 0 Å². The third kappa shape index (κ3) is 6.69. The summed E-state index contributed by atoms with van der Waals surface area (Å²) in [5.41, 5.74) is 0. The Morgan fingerprint density at radius 1 is 1.14 bits per heavy atom. The minimum absolute atomic E-state index is 0.403. The molecule has 0 spiro atoms. The van der Waals surface area contributed by atoms with Crippen LogP contribution in [0.3, 0.4) is 0 Å². The SMILES string of the molecule is CCNC(=NCC(c1cccs1)N1CCC(C)CC1)NC1CCN(C(C)C)CC1. The molecule has 2 aliphatic heterocycles. The molecular formula is C23H41N5S. The molecule has 1 unspecified atom stereocenters. The number of likely N-dealkylation sites (tertiary alicyclic amines) is 2. The lowest BCUT2D eigenvalue weighted by Gasteiger charge is -2.36. The Kier molecular flexibility index (Phi) is 8.82. The highest BCUT2D eigenvalue weighted by molar-refractivity contribution is 7.10. The molecular weight excluding hydrogens is 378 g/mol. The Balaban J connectivity index is 1.62. The van der Waals surface area contributed by atoms with Gasteiger partial charge in [0.05, 0.1) is 12.6 Å². The van der Waals surface area contributed by atoms with E-state index in [0.717, 1.165) is 25.0 Å². The van der Waals surface area contributed by atoms with E-state index in [-0.39, 0.29) is 0 Å². The van der Waals surface area contributed by atoms with Crippen molar-refractivity contribution in [2.45, 2.75) is 71.5 Å². The van der Waals surface area contributed by atoms with Gasteiger partial charge in [-0.3, -0.25) is 9.89 Å². The molecule has 29 heavy (non-hydrogen) atoms. The first-order valence-corrected chi connectivity index (χ1v) is 12.5. The predicted molar refractivity (Wildman–Crippen MR) is 126 cm³/mol. The maximum atomic E-state index is 5.06. The van der Waals surface area contributed by atoms with E-state index in [2.05, 4.69) is 65.6 Å². The molecule has 1 aromatic heterocycles. The van der Waals surface area contributed by atoms with Gasteiger partial charge in [-0.15, -0.1) is 11.3 Å². The number of aliphatic imine (C=N–C) groups is 1. The second-order valence-electron chi connectivity index (χ2n) is 9.02. The summed E-state index contributed by atoms with van der Waals surface area (Å²) < 4.78 is 0. The number of piperidine rings is 2. The highest BCUT2D eigenvalue weighted by Gasteiger charge is 2.26. The fourth-order valence-electron chi connectivity index (χ4n) is 4.46. The van der Waals surface area contributed by atoms with Gasteiger partial charge in [0.15, 0.2) is 5.96 Å². The van der Waals surface area contributed by atoms with Gasteiger partial charge in [0.2, 0.25) is 0 Å². The average Bonchev–Trinajstić information content (AvgIpc) is 3.24. The van der Waals surface area contributed by atoms with Gasteiger partial charge >= 0.3 is 0 Å². The van der Waals surface area contributed by atoms with Crippen LogP contribution < -0.4 is 10.6 Å². The third-order valence-electron chi connectivity index (χ3n) is 6.50. The summed E-state index contributed by atoms with van der Waals surface area (Å²) in [6.45, 7) is 15.6. The van der Waals surface area contributed by atoms with E-state index >= 15 is 0 Å². The van der Waals surface area contributed by atoms with E-state index in [1.807, 2.05) is 11.3 Å². The first-order chi connectivity index (χ1) is 14.1. The number of rotatable bonds is 7. The summed E-state index contributed by atoms with van der Waals surface area (Å²) in [5.74, 6) is 1.84. The minimum atomic E-state index is 0.403. The molecule has 2 saturated heterocycles. The maximum Gasteiger partial charge on any atom is 0.191 e. The summed E-state index contributed by atoms with van der Waals surface area (Å²) in [6.07, 6.45) is 5.00. The van der Waals surface area contributed by atoms with Crippen LogP contribution >= 0.6 is 11.3 Å². The van der Waals surface area contributed by atoms with Crippen molar-refractivity contribution in [3.8, 4) is 0 Å². The van der Waals surface area contributed by atoms with Crippen molar-refractivity contribution in [3.63, 3.8) is 0 Å². The molecule has 3 heterocycles. The van der Waals surface area contributed by atoms with E-state index < -0.39 is 0 Å². The second-order valence-corrected chi connectivity index (χ2v) is 10.00. The van der Waals surface area contributed by atoms with Gasteiger partial charge in [0.25, 0.3) is 0 Å². The number of nitrogens with one attached hydrogen (secondary N) is 2. The van der Waals surface area contributed by atoms with Gasteiger partial charge in [-0.05, 0) is 76.9 Å². The molecule has 0 amide bonds. The van der Waals surface area contributed by atoms with Crippen molar-refractivity contribution in [1.82, 2.24) is 20.4 Å². The Morgan fingerprint density at radius 3 is 2.41 bits per heavy atom. The van der Waals surface area contributed by atoms with Crippen molar-refractivity contribution < 1.29 is 0 Å². The lowest BCUT2D eigenvalue weighted by molar-refractivity contribution is 0.143. The first kappa shape index (κ1) is 22.6. The average molecular weight is 420 g/mol. The van der Waals surface area contributed by atoms with Crippen LogP contribution in [0.4, 0.5) is 0 Å². The molecule has 0 saturated carbocycles. The molecule has 3 rings (SSSR count). The molecule has 5 nitrogen and oxygen atoms in total. The molecule has 0 aliphatic carbocycles. The molecule has 2 N–H and O–H groups in total. The minimum Gasteiger partial charge on any atom is -0.357 e. The Bertz CT molecular complexity index is 599. The fraction of sp³-hybridized carbons (Fsp3) is 0.783. The van der Waals surface area contributed by atoms with Crippen LogP contribution in [0.15, 0.2) is 22.5 Å². The molecule has 0 radical (unpaired) electrons. The van der Waals surface area contributed by atoms with Crippen LogP contribution in [0.2, 0.25) is 0 Å². The van der Waals surface area contributed by atoms with E-state index in [1.54, 1.807) is 0 Å². The highest BCUT2D eigenvalue weighted by Crippen LogP contribution is 2.29. The van der Waals surface area contributed by atoms with Crippen LogP contribution in [-0.4, -0.2) is 67.1 Å². The summed E-state index contributed by atoms with van der Waals surface area (Å²) in [6, 6.07) is 6.04. The van der Waals surface area contributed by atoms with Gasteiger partial charge in [0.1, 0.15) is 0 Å². The quantitative estimate of drug-likeness (QED) is 0.519. The van der Waals surface area contributed by atoms with Crippen molar-refractivity contribution >= 4 is 17.3 Å². The number of hydrogen-bond donors (Lipinski definition) is 2. The first-order valence-electron chi connectivity index (χ1n) is 11.6. The molecule has 0 bridgehead atoms. The standard InChI is InChI=1S/C23H41N5S/c1-5-24-23(26-20-10-14-27(15-11-20)18(2)3)25-17-21(22-7-6-16-29-22)28-12-8-19(4)9-13-28/h6-7,16,18-21H,5,8-15,17H2,1-4H3,(H2,24,25,26). The van der Waals surface area contributed by atoms with Crippen molar-refractivity contribution in [3.05, 3.63) is 22.4 Å². The largest absolute Gasteiger partial charge is 0.357 e. The summed E-state index contributed by atoms with van der Waals surface area (Å²) >= 11 is 1.87. The van der Waals surface area contributed by atoms with Gasteiger partial charge in [-0.1, -0.05) is 13.0 Å². The molecule has 2 fully saturated rings. The van der Waals surface area contributed by atoms with Gasteiger partial charge in [-0.25, -0.2) is 0 Å². The molecule has 2 aliphatic rings. The lowest BCUT2D eigenvalue weighted by Crippen LogP contribution is -2.50. The molecule has 1 aromatic rings. The highest BCUT2D eigenvalue weighted by atomic mass is 32.1. The molecule has 0 aromatic carbocycles. The van der Waals surface area contributed by atoms with Gasteiger partial charge < -0.3 is 15.5 Å². The number of nitrogens with zero attached hydrogens (tertiary/aromatic N) is 3. The number of guanidine groups is 1. The van der Waals surface area contributed by atoms with Crippen LogP contribution in [0.5, 0.6) is 0 Å². The zero-order chi connectivity index (χ0) is 20.6. The molecule has 164 valence electrons. The zero-order valence-electron chi connectivity index (χ0n) is 18.9. The van der Waals surface area contributed by atoms with Crippen LogP contribution in [0.1, 0.15) is 64.3 Å². The smallest absolute Gasteiger partial charge is 0.191 e. The Morgan fingerprint density at radius 2 is 1.83 bits per heavy atom. The van der Waals surface area contributed by atoms with Crippen molar-refractivity contribution in [2.75, 3.05) is 39.3 Å². The summed E-state index contributed by atoms with van der Waals surface area (Å²) in [7, 11) is 0. The monoisotopic (exact) mass is 419 g/mol. The predicted octanol–water partition coefficient (Wildman–Crippen LogP) is 3.95. The van der Waals surface area contributed by atoms with Crippen molar-refractivity contribution in [1.29, 1.82) is 0 Å². The maximum absolute atomic E-state index is 5.06. The van der Waals surface area contributed by atoms with E-state index in [0.29, 0.717) is 18.1 Å². The van der Waals surface area contributed by atoms with Gasteiger partial charge in [0, 0.05) is 36.6 Å². The Labute approximate surface area is 182 Å². The van der Waals surface area contributed by atoms with E-state index in [1.165, 1.54) is 56.7 Å². The van der Waals surface area contributed by atoms with E-state index in [9.17, 15) is 0 Å². The van der Waals surface area contributed by atoms with Crippen LogP contribution in [0, 0.1) is 5.92 Å². The lowest BCUT2D eigenvalue weighted by atomic mass is 9.97. The van der Waals surface area contributed by atoms with Crippen LogP contribution in [-0.2, 0) is 0 Å². The Hall–Kier alpha value is -1.11. The molecule has 6 heteroatoms. The summed E-state index contributed by atoms with van der Waals surface area (Å²) in [4.78, 5) is 11.7. The fourth-order valence-corrected chi connectivity index (χ4v) is 5.31.